The zero-order valence-corrected chi connectivity index (χ0v) is 19.0. The SMILES string of the molecule is COCOc1ccc(N)cc1CC1CCNC(=O)CN(S(=O)(=O)c2ccc(Cl)cc2)C1=O. The summed E-state index contributed by atoms with van der Waals surface area (Å²) in [5.74, 6) is -1.48. The van der Waals surface area contributed by atoms with Gasteiger partial charge in [0.2, 0.25) is 11.8 Å². The molecule has 1 fully saturated rings. The fourth-order valence-corrected chi connectivity index (χ4v) is 4.93. The van der Waals surface area contributed by atoms with Crippen molar-refractivity contribution in [2.45, 2.75) is 17.7 Å². The number of carbonyl (C=O) groups excluding carboxylic acids is 2. The fourth-order valence-electron chi connectivity index (χ4n) is 3.39. The van der Waals surface area contributed by atoms with Gasteiger partial charge >= 0.3 is 0 Å². The molecular weight excluding hydrogens is 458 g/mol. The highest BCUT2D eigenvalue weighted by Gasteiger charge is 2.37. The van der Waals surface area contributed by atoms with Gasteiger partial charge in [-0.2, -0.15) is 0 Å². The number of hydrogen-bond donors (Lipinski definition) is 2. The zero-order chi connectivity index (χ0) is 23.3. The maximum absolute atomic E-state index is 13.4. The van der Waals surface area contributed by atoms with Gasteiger partial charge in [0, 0.05) is 30.3 Å². The molecule has 0 bridgehead atoms. The van der Waals surface area contributed by atoms with Gasteiger partial charge in [0.1, 0.15) is 12.3 Å². The molecule has 32 heavy (non-hydrogen) atoms. The Morgan fingerprint density at radius 1 is 1.19 bits per heavy atom. The monoisotopic (exact) mass is 481 g/mol. The van der Waals surface area contributed by atoms with Gasteiger partial charge < -0.3 is 20.5 Å². The van der Waals surface area contributed by atoms with Gasteiger partial charge in [0.25, 0.3) is 10.0 Å². The first-order valence-corrected chi connectivity index (χ1v) is 11.6. The smallest absolute Gasteiger partial charge is 0.266 e. The van der Waals surface area contributed by atoms with Gasteiger partial charge in [-0.1, -0.05) is 11.6 Å². The molecule has 1 saturated heterocycles. The van der Waals surface area contributed by atoms with E-state index in [1.54, 1.807) is 18.2 Å². The van der Waals surface area contributed by atoms with Crippen molar-refractivity contribution >= 4 is 39.1 Å². The molecule has 172 valence electrons. The van der Waals surface area contributed by atoms with Crippen LogP contribution >= 0.6 is 11.6 Å². The molecule has 2 aromatic rings. The molecule has 9 nitrogen and oxygen atoms in total. The molecule has 3 N–H and O–H groups in total. The Kier molecular flexibility index (Phi) is 7.60. The fraction of sp³-hybridized carbons (Fsp3) is 0.333. The molecule has 2 amide bonds. The summed E-state index contributed by atoms with van der Waals surface area (Å²) in [6.07, 6.45) is 0.418. The van der Waals surface area contributed by atoms with Crippen LogP contribution in [0.1, 0.15) is 12.0 Å². The van der Waals surface area contributed by atoms with Gasteiger partial charge in [0.05, 0.1) is 4.90 Å². The first-order valence-electron chi connectivity index (χ1n) is 9.81. The van der Waals surface area contributed by atoms with Crippen LogP contribution in [0.5, 0.6) is 5.75 Å². The van der Waals surface area contributed by atoms with Crippen LogP contribution in [0.4, 0.5) is 5.69 Å². The normalized spacial score (nSPS) is 17.4. The van der Waals surface area contributed by atoms with Crippen molar-refractivity contribution in [1.29, 1.82) is 0 Å². The van der Waals surface area contributed by atoms with E-state index in [2.05, 4.69) is 5.32 Å². The lowest BCUT2D eigenvalue weighted by Crippen LogP contribution is -2.49. The summed E-state index contributed by atoms with van der Waals surface area (Å²) in [5.41, 5.74) is 7.02. The Balaban J connectivity index is 1.94. The number of rotatable bonds is 7. The molecule has 0 spiro atoms. The molecule has 1 aliphatic rings. The van der Waals surface area contributed by atoms with Crippen LogP contribution in [0.15, 0.2) is 47.4 Å². The Bertz CT molecular complexity index is 1090. The van der Waals surface area contributed by atoms with Gasteiger partial charge in [-0.25, -0.2) is 12.7 Å². The standard InChI is InChI=1S/C21H24ClN3O6S/c1-30-13-31-19-7-4-17(23)11-15(19)10-14-8-9-24-20(26)12-25(21(14)27)32(28,29)18-5-2-16(22)3-6-18/h2-7,11,14H,8-10,12-13,23H2,1H3,(H,24,26). The van der Waals surface area contributed by atoms with Crippen molar-refractivity contribution < 1.29 is 27.5 Å². The first kappa shape index (κ1) is 23.8. The van der Waals surface area contributed by atoms with Crippen molar-refractivity contribution in [1.82, 2.24) is 9.62 Å². The molecule has 0 saturated carbocycles. The van der Waals surface area contributed by atoms with Crippen molar-refractivity contribution in [2.24, 2.45) is 5.92 Å². The van der Waals surface area contributed by atoms with Crippen molar-refractivity contribution in [3.05, 3.63) is 53.1 Å². The third-order valence-corrected chi connectivity index (χ3v) is 6.99. The summed E-state index contributed by atoms with van der Waals surface area (Å²) < 4.78 is 37.5. The number of anilines is 1. The quantitative estimate of drug-likeness (QED) is 0.455. The average Bonchev–Trinajstić information content (AvgIpc) is 2.75. The zero-order valence-electron chi connectivity index (χ0n) is 17.4. The number of nitrogens with zero attached hydrogens (tertiary/aromatic N) is 1. The van der Waals surface area contributed by atoms with E-state index in [4.69, 9.17) is 26.8 Å². The minimum Gasteiger partial charge on any atom is -0.467 e. The summed E-state index contributed by atoms with van der Waals surface area (Å²) in [6, 6.07) is 10.4. The third kappa shape index (κ3) is 5.50. The van der Waals surface area contributed by atoms with E-state index in [9.17, 15) is 18.0 Å². The highest BCUT2D eigenvalue weighted by Crippen LogP contribution is 2.28. The van der Waals surface area contributed by atoms with Crippen molar-refractivity contribution in [3.63, 3.8) is 0 Å². The van der Waals surface area contributed by atoms with E-state index in [0.717, 1.165) is 0 Å². The maximum Gasteiger partial charge on any atom is 0.266 e. The molecule has 0 aromatic heterocycles. The molecule has 0 radical (unpaired) electrons. The van der Waals surface area contributed by atoms with Gasteiger partial charge in [-0.05, 0) is 60.9 Å². The Morgan fingerprint density at radius 2 is 1.91 bits per heavy atom. The van der Waals surface area contributed by atoms with Crippen molar-refractivity contribution in [2.75, 3.05) is 32.7 Å². The van der Waals surface area contributed by atoms with Crippen LogP contribution in [0.2, 0.25) is 5.02 Å². The summed E-state index contributed by atoms with van der Waals surface area (Å²) in [4.78, 5) is 25.4. The predicted octanol–water partition coefficient (Wildman–Crippen LogP) is 1.80. The number of methoxy groups -OCH3 is 1. The maximum atomic E-state index is 13.4. The average molecular weight is 482 g/mol. The van der Waals surface area contributed by atoms with Crippen LogP contribution < -0.4 is 15.8 Å². The summed E-state index contributed by atoms with van der Waals surface area (Å²) in [5, 5.41) is 3.00. The van der Waals surface area contributed by atoms with Crippen LogP contribution in [-0.2, 0) is 30.8 Å². The topological polar surface area (TPSA) is 128 Å². The first-order chi connectivity index (χ1) is 15.2. The molecule has 1 atom stereocenters. The molecule has 2 aromatic carbocycles. The lowest BCUT2D eigenvalue weighted by molar-refractivity contribution is -0.136. The van der Waals surface area contributed by atoms with E-state index in [-0.39, 0.29) is 31.1 Å². The Labute approximate surface area is 191 Å². The number of benzene rings is 2. The molecular formula is C21H24ClN3O6S. The molecule has 11 heteroatoms. The summed E-state index contributed by atoms with van der Waals surface area (Å²) >= 11 is 5.85. The van der Waals surface area contributed by atoms with E-state index in [0.29, 0.717) is 26.3 Å². The second-order valence-corrected chi connectivity index (χ2v) is 9.56. The second kappa shape index (κ2) is 10.2. The van der Waals surface area contributed by atoms with Crippen LogP contribution in [0, 0.1) is 5.92 Å². The summed E-state index contributed by atoms with van der Waals surface area (Å²) in [7, 11) is -2.79. The van der Waals surface area contributed by atoms with E-state index in [1.165, 1.54) is 31.4 Å². The third-order valence-electron chi connectivity index (χ3n) is 4.98. The number of ether oxygens (including phenoxy) is 2. The molecule has 1 heterocycles. The molecule has 0 aliphatic carbocycles. The largest absolute Gasteiger partial charge is 0.467 e. The lowest BCUT2D eigenvalue weighted by Gasteiger charge is -2.29. The van der Waals surface area contributed by atoms with E-state index in [1.807, 2.05) is 0 Å². The Morgan fingerprint density at radius 3 is 2.59 bits per heavy atom. The van der Waals surface area contributed by atoms with Gasteiger partial charge in [0.15, 0.2) is 6.79 Å². The number of halogens is 1. The molecule has 1 aliphatic heterocycles. The van der Waals surface area contributed by atoms with Crippen LogP contribution in [0.25, 0.3) is 0 Å². The predicted molar refractivity (Wildman–Crippen MR) is 119 cm³/mol. The second-order valence-electron chi connectivity index (χ2n) is 7.26. The number of amides is 2. The number of sulfonamides is 1. The number of nitrogens with one attached hydrogen (secondary N) is 1. The highest BCUT2D eigenvalue weighted by molar-refractivity contribution is 7.89. The minimum absolute atomic E-state index is 0.00264. The number of carbonyl (C=O) groups is 2. The molecule has 3 rings (SSSR count). The number of nitrogen functional groups attached to an aromatic ring is 1. The van der Waals surface area contributed by atoms with Crippen LogP contribution in [-0.4, -0.2) is 51.5 Å². The minimum atomic E-state index is -4.27. The number of nitrogens with two attached hydrogens (primary N) is 1. The molecule has 1 unspecified atom stereocenters. The number of hydrogen-bond acceptors (Lipinski definition) is 7. The highest BCUT2D eigenvalue weighted by atomic mass is 35.5. The van der Waals surface area contributed by atoms with E-state index >= 15 is 0 Å². The van der Waals surface area contributed by atoms with Crippen molar-refractivity contribution in [3.8, 4) is 5.75 Å². The van der Waals surface area contributed by atoms with E-state index < -0.39 is 34.3 Å². The Hall–Kier alpha value is -2.82. The lowest BCUT2D eigenvalue weighted by atomic mass is 9.93. The summed E-state index contributed by atoms with van der Waals surface area (Å²) in [6.45, 7) is -0.367. The van der Waals surface area contributed by atoms with Gasteiger partial charge in [-0.15, -0.1) is 0 Å². The van der Waals surface area contributed by atoms with Gasteiger partial charge in [-0.3, -0.25) is 9.59 Å². The van der Waals surface area contributed by atoms with Crippen LogP contribution in [0.3, 0.4) is 0 Å².